The summed E-state index contributed by atoms with van der Waals surface area (Å²) in [6.45, 7) is 1.51. The third kappa shape index (κ3) is 9.54. The van der Waals surface area contributed by atoms with E-state index >= 15 is 0 Å². The van der Waals surface area contributed by atoms with Gasteiger partial charge in [0.25, 0.3) is 0 Å². The van der Waals surface area contributed by atoms with E-state index in [2.05, 4.69) is 136 Å². The van der Waals surface area contributed by atoms with Gasteiger partial charge >= 0.3 is 22.4 Å². The van der Waals surface area contributed by atoms with Crippen molar-refractivity contribution in [3.63, 3.8) is 0 Å². The van der Waals surface area contributed by atoms with Crippen molar-refractivity contribution in [2.45, 2.75) is 38.8 Å². The van der Waals surface area contributed by atoms with Crippen LogP contribution in [-0.4, -0.2) is 44.4 Å². The van der Waals surface area contributed by atoms with E-state index in [9.17, 15) is 0 Å². The van der Waals surface area contributed by atoms with E-state index in [4.69, 9.17) is 43.1 Å². The van der Waals surface area contributed by atoms with Gasteiger partial charge in [-0.1, -0.05) is 125 Å². The van der Waals surface area contributed by atoms with Crippen LogP contribution < -0.4 is 14.5 Å². The van der Waals surface area contributed by atoms with Crippen LogP contribution >= 0.6 is 23.2 Å². The fourth-order valence-electron chi connectivity index (χ4n) is 10.3. The fraction of sp³-hybridized carbons (Fsp3) is 0.0984. The third-order valence-corrected chi connectivity index (χ3v) is 14.3. The van der Waals surface area contributed by atoms with Crippen LogP contribution in [0.2, 0.25) is 10.0 Å². The van der Waals surface area contributed by atoms with Crippen LogP contribution in [0.1, 0.15) is 46.7 Å². The number of nitrogens with one attached hydrogen (secondary N) is 1. The Hall–Kier alpha value is -8.33. The Morgan fingerprint density at radius 3 is 1.62 bits per heavy atom. The van der Waals surface area contributed by atoms with Crippen molar-refractivity contribution in [2.75, 3.05) is 0 Å². The molecule has 9 heterocycles. The smallest absolute Gasteiger partial charge is 0.657 e. The van der Waals surface area contributed by atoms with Crippen LogP contribution in [0.25, 0.3) is 113 Å². The van der Waals surface area contributed by atoms with Crippen molar-refractivity contribution in [3.8, 4) is 44.5 Å². The van der Waals surface area contributed by atoms with Crippen LogP contribution in [0, 0.1) is 7.43 Å². The summed E-state index contributed by atoms with van der Waals surface area (Å²) in [6, 6.07) is 41.4. The van der Waals surface area contributed by atoms with Crippen LogP contribution in [-0.2, 0) is 42.7 Å². The van der Waals surface area contributed by atoms with Crippen LogP contribution in [0.4, 0.5) is 0 Å². The van der Waals surface area contributed by atoms with Gasteiger partial charge in [0.2, 0.25) is 0 Å². The molecule has 0 saturated carbocycles. The van der Waals surface area contributed by atoms with Gasteiger partial charge in [-0.25, -0.2) is 34.5 Å². The number of aryl methyl sites for hydroxylation is 4. The van der Waals surface area contributed by atoms with Crippen LogP contribution in [0.3, 0.4) is 0 Å². The van der Waals surface area contributed by atoms with E-state index in [1.807, 2.05) is 61.2 Å². The molecule has 0 atom stereocenters. The Morgan fingerprint density at radius 1 is 0.539 bits per heavy atom. The first kappa shape index (κ1) is 49.9. The van der Waals surface area contributed by atoms with Crippen molar-refractivity contribution in [1.29, 1.82) is 0 Å². The van der Waals surface area contributed by atoms with Gasteiger partial charge in [0.15, 0.2) is 23.8 Å². The molecule has 15 heteroatoms. The number of nitrogens with zero attached hydrogens (tertiary/aromatic N) is 11. The maximum absolute atomic E-state index is 6.55. The molecule has 0 saturated heterocycles. The van der Waals surface area contributed by atoms with Crippen molar-refractivity contribution < 1.29 is 21.3 Å². The average Bonchev–Trinajstić information content (AvgIpc) is 4.32. The molecule has 11 aromatic rings. The van der Waals surface area contributed by atoms with Gasteiger partial charge in [0, 0.05) is 16.6 Å². The molecule has 0 unspecified atom stereocenters. The molecule has 372 valence electrons. The number of H-pyrrole nitrogens is 1. The Labute approximate surface area is 458 Å². The van der Waals surface area contributed by atoms with Crippen LogP contribution in [0.5, 0.6) is 0 Å². The Bertz CT molecular complexity index is 3920. The molecule has 8 bridgehead atoms. The molecule has 1 N–H and O–H groups in total. The number of aromatic nitrogens is 12. The summed E-state index contributed by atoms with van der Waals surface area (Å²) >= 11 is 13.1. The second kappa shape index (κ2) is 21.5. The molecule has 0 spiro atoms. The molecule has 13 rings (SSSR count). The third-order valence-electron chi connectivity index (χ3n) is 13.8. The van der Waals surface area contributed by atoms with E-state index < -0.39 is 0 Å². The predicted octanol–water partition coefficient (Wildman–Crippen LogP) is 13.3. The average molecular weight is 1080 g/mol. The number of hydrogen-bond acceptors (Lipinski definition) is 7. The molecule has 0 radical (unpaired) electrons. The summed E-state index contributed by atoms with van der Waals surface area (Å²) in [5.74, 6) is 0. The largest absolute Gasteiger partial charge is 3.00 e. The standard InChI is InChI=1S/C60H42Cl2N12.CH3.Co/c61-41-17-13-39(14-18-41)55-45-21-25-49(69-45)57(43-11-3-1-7-37(43)9-5-29-73-35-67-53-31-63-33-65-59(53)73)50-26-22-46(70-50)56(40-15-19-42(62)20-16-40)48-24-28-52(72-48)58(51-27-23-47(55)71-51)44-12-4-2-8-38(44)10-6-30-74-36-68-54-32-64-34-66-60(54)74;;/h1-4,7-8,11-28,31-36H,5-6,9-10,29-30H2;1H3;/q-2;-1;+3/p+1. The summed E-state index contributed by atoms with van der Waals surface area (Å²) in [5, 5.41) is 1.29. The number of rotatable bonds is 12. The molecular weight excluding hydrogens is 1030 g/mol. The van der Waals surface area contributed by atoms with Crippen molar-refractivity contribution in [1.82, 2.24) is 54.4 Å². The number of benzene rings is 4. The summed E-state index contributed by atoms with van der Waals surface area (Å²) < 4.78 is 4.23. The van der Waals surface area contributed by atoms with Gasteiger partial charge in [0.1, 0.15) is 11.8 Å². The van der Waals surface area contributed by atoms with Gasteiger partial charge in [0.05, 0.1) is 48.0 Å². The topological polar surface area (TPSA) is 143 Å². The molecule has 2 aliphatic rings. The molecule has 0 fully saturated rings. The van der Waals surface area contributed by atoms with Gasteiger partial charge in [-0.2, -0.15) is 0 Å². The summed E-state index contributed by atoms with van der Waals surface area (Å²) in [7, 11) is 0. The van der Waals surface area contributed by atoms with Crippen molar-refractivity contribution in [3.05, 3.63) is 210 Å². The molecule has 4 aromatic carbocycles. The van der Waals surface area contributed by atoms with Crippen molar-refractivity contribution >= 4 is 91.9 Å². The van der Waals surface area contributed by atoms with Crippen molar-refractivity contribution in [2.24, 2.45) is 0 Å². The van der Waals surface area contributed by atoms with E-state index in [0.29, 0.717) is 10.0 Å². The minimum atomic E-state index is 0. The SMILES string of the molecule is Clc1ccc(-c2c3nc(c(-c4ccccc4CCC[n+]4c[nH]c5cncnc54)c4ccc([n-]4)c(-c4ccc(Cl)cc4)c4nc(c(-c5ccccc5CCCn5cnc6cncnc65)c5ccc2[n-]5)C=C4)C=C3)cc1.[CH3-].[Co+3]. The van der Waals surface area contributed by atoms with Gasteiger partial charge < -0.3 is 22.0 Å². The number of hydrogen-bond donors (Lipinski definition) is 1. The van der Waals surface area contributed by atoms with Gasteiger partial charge in [-0.15, -0.1) is 22.1 Å². The summed E-state index contributed by atoms with van der Waals surface area (Å²) in [4.78, 5) is 47.4. The monoisotopic (exact) mass is 1080 g/mol. The first-order valence-corrected chi connectivity index (χ1v) is 25.3. The fourth-order valence-corrected chi connectivity index (χ4v) is 10.6. The summed E-state index contributed by atoms with van der Waals surface area (Å²) in [5.41, 5.74) is 19.6. The molecule has 7 aromatic heterocycles. The first-order valence-electron chi connectivity index (χ1n) is 24.5. The second-order valence-electron chi connectivity index (χ2n) is 18.3. The minimum absolute atomic E-state index is 0. The molecule has 76 heavy (non-hydrogen) atoms. The zero-order valence-corrected chi connectivity index (χ0v) is 43.6. The minimum Gasteiger partial charge on any atom is -0.657 e. The Morgan fingerprint density at radius 2 is 1.04 bits per heavy atom. The number of imidazole rings is 2. The number of fused-ring (bicyclic) bond motifs is 10. The Kier molecular flexibility index (Phi) is 14.1. The zero-order chi connectivity index (χ0) is 49.5. The van der Waals surface area contributed by atoms with E-state index in [-0.39, 0.29) is 24.2 Å². The van der Waals surface area contributed by atoms with E-state index in [1.54, 1.807) is 25.0 Å². The first-order chi connectivity index (χ1) is 36.5. The van der Waals surface area contributed by atoms with Gasteiger partial charge in [-0.05, 0) is 130 Å². The molecule has 0 amide bonds. The number of aromatic amines is 1. The molecule has 2 aliphatic heterocycles. The zero-order valence-electron chi connectivity index (χ0n) is 41.1. The van der Waals surface area contributed by atoms with Crippen LogP contribution in [0.15, 0.2) is 159 Å². The number of halogens is 2. The quantitative estimate of drug-likeness (QED) is 0.0934. The molecular formula is C61H46Cl2CoN12+. The predicted molar refractivity (Wildman–Crippen MR) is 301 cm³/mol. The normalized spacial score (nSPS) is 11.8. The summed E-state index contributed by atoms with van der Waals surface area (Å²) in [6.07, 6.45) is 22.2. The Balaban J connectivity index is 0.00000308. The van der Waals surface area contributed by atoms with E-state index in [1.165, 1.54) is 11.1 Å². The molecule has 12 nitrogen and oxygen atoms in total. The van der Waals surface area contributed by atoms with Gasteiger partial charge in [-0.3, -0.25) is 4.98 Å². The van der Waals surface area contributed by atoms with E-state index in [0.717, 1.165) is 150 Å². The maximum Gasteiger partial charge on any atom is 3.00 e. The second-order valence-corrected chi connectivity index (χ2v) is 19.2. The maximum atomic E-state index is 6.55. The molecule has 0 aliphatic carbocycles.